The minimum absolute atomic E-state index is 0.00121. The summed E-state index contributed by atoms with van der Waals surface area (Å²) in [4.78, 5) is 12.1. The molecule has 2 aromatic rings. The Hall–Kier alpha value is -2.96. The highest BCUT2D eigenvalue weighted by molar-refractivity contribution is 5.95. The van der Waals surface area contributed by atoms with Crippen LogP contribution < -0.4 is 24.3 Å². The molecule has 0 fully saturated rings. The highest BCUT2D eigenvalue weighted by Crippen LogP contribution is 2.38. The number of hydrogen-bond donors (Lipinski definition) is 1. The van der Waals surface area contributed by atoms with Crippen LogP contribution in [-0.2, 0) is 4.79 Å². The molecule has 2 aromatic carbocycles. The van der Waals surface area contributed by atoms with Gasteiger partial charge in [-0.2, -0.15) is 0 Å². The van der Waals surface area contributed by atoms with Crippen LogP contribution in [0.4, 0.5) is 10.1 Å². The molecule has 0 spiro atoms. The van der Waals surface area contributed by atoms with Crippen LogP contribution in [0.2, 0.25) is 0 Å². The number of nitrogens with one attached hydrogen (secondary N) is 1. The van der Waals surface area contributed by atoms with E-state index in [1.54, 1.807) is 18.2 Å². The van der Waals surface area contributed by atoms with E-state index in [0.29, 0.717) is 22.9 Å². The van der Waals surface area contributed by atoms with Gasteiger partial charge in [0.25, 0.3) is 5.91 Å². The number of anilines is 1. The summed E-state index contributed by atoms with van der Waals surface area (Å²) in [6.45, 7) is -0.362. The van der Waals surface area contributed by atoms with Gasteiger partial charge in [0.15, 0.2) is 18.2 Å². The van der Waals surface area contributed by atoms with Crippen LogP contribution in [-0.4, -0.2) is 33.8 Å². The number of benzene rings is 2. The van der Waals surface area contributed by atoms with Crippen molar-refractivity contribution in [3.63, 3.8) is 0 Å². The molecule has 6 nitrogen and oxygen atoms in total. The van der Waals surface area contributed by atoms with Gasteiger partial charge in [-0.15, -0.1) is 0 Å². The predicted octanol–water partition coefficient (Wildman–Crippen LogP) is 2.87. The highest BCUT2D eigenvalue weighted by Gasteiger charge is 2.16. The Morgan fingerprint density at radius 2 is 1.62 bits per heavy atom. The first-order valence-corrected chi connectivity index (χ1v) is 7.06. The maximum absolute atomic E-state index is 13.5. The number of carbonyl (C=O) groups is 1. The summed E-state index contributed by atoms with van der Waals surface area (Å²) < 4.78 is 34.3. The van der Waals surface area contributed by atoms with Crippen molar-refractivity contribution in [3.05, 3.63) is 42.2 Å². The molecule has 0 atom stereocenters. The van der Waals surface area contributed by atoms with Crippen LogP contribution in [0.5, 0.6) is 23.0 Å². The zero-order chi connectivity index (χ0) is 17.5. The van der Waals surface area contributed by atoms with Crippen LogP contribution in [0.3, 0.4) is 0 Å². The van der Waals surface area contributed by atoms with Crippen LogP contribution >= 0.6 is 0 Å². The van der Waals surface area contributed by atoms with Crippen LogP contribution in [0.25, 0.3) is 0 Å². The topological polar surface area (TPSA) is 66.0 Å². The zero-order valence-corrected chi connectivity index (χ0v) is 13.6. The van der Waals surface area contributed by atoms with Gasteiger partial charge in [0, 0.05) is 12.1 Å². The Labute approximate surface area is 139 Å². The van der Waals surface area contributed by atoms with Gasteiger partial charge in [-0.05, 0) is 12.1 Å². The van der Waals surface area contributed by atoms with Crippen molar-refractivity contribution in [2.75, 3.05) is 33.3 Å². The van der Waals surface area contributed by atoms with Gasteiger partial charge in [-0.1, -0.05) is 12.1 Å². The Bertz CT molecular complexity index is 695. The fourth-order valence-electron chi connectivity index (χ4n) is 2.01. The first-order chi connectivity index (χ1) is 11.6. The molecule has 1 N–H and O–H groups in total. The maximum Gasteiger partial charge on any atom is 0.262 e. The Morgan fingerprint density at radius 3 is 2.17 bits per heavy atom. The van der Waals surface area contributed by atoms with Crippen molar-refractivity contribution in [2.24, 2.45) is 0 Å². The number of ether oxygens (including phenoxy) is 4. The van der Waals surface area contributed by atoms with Gasteiger partial charge >= 0.3 is 0 Å². The third-order valence-electron chi connectivity index (χ3n) is 3.17. The first kappa shape index (κ1) is 17.4. The summed E-state index contributed by atoms with van der Waals surface area (Å²) in [5, 5.41) is 2.63. The summed E-state index contributed by atoms with van der Waals surface area (Å²) in [5.74, 6) is 0.228. The average molecular weight is 335 g/mol. The Kier molecular flexibility index (Phi) is 5.83. The number of para-hydroxylation sites is 1. The lowest BCUT2D eigenvalue weighted by atomic mass is 10.2. The largest absolute Gasteiger partial charge is 0.496 e. The highest BCUT2D eigenvalue weighted by atomic mass is 19.1. The van der Waals surface area contributed by atoms with Gasteiger partial charge in [-0.25, -0.2) is 4.39 Å². The van der Waals surface area contributed by atoms with Gasteiger partial charge in [0.05, 0.1) is 21.3 Å². The van der Waals surface area contributed by atoms with E-state index in [0.717, 1.165) is 0 Å². The van der Waals surface area contributed by atoms with Crippen LogP contribution in [0.1, 0.15) is 0 Å². The van der Waals surface area contributed by atoms with Crippen LogP contribution in [0, 0.1) is 5.82 Å². The molecule has 7 heteroatoms. The van der Waals surface area contributed by atoms with E-state index in [1.807, 2.05) is 0 Å². The van der Waals surface area contributed by atoms with Crippen molar-refractivity contribution >= 4 is 11.6 Å². The molecule has 0 bridgehead atoms. The molecule has 1 amide bonds. The van der Waals surface area contributed by atoms with Crippen LogP contribution in [0.15, 0.2) is 36.4 Å². The van der Waals surface area contributed by atoms with Crippen molar-refractivity contribution in [1.82, 2.24) is 0 Å². The van der Waals surface area contributed by atoms with Gasteiger partial charge < -0.3 is 24.3 Å². The summed E-state index contributed by atoms with van der Waals surface area (Å²) in [5.41, 5.74) is 0.336. The van der Waals surface area contributed by atoms with Gasteiger partial charge in [-0.3, -0.25) is 4.79 Å². The second-order valence-corrected chi connectivity index (χ2v) is 4.67. The molecule has 24 heavy (non-hydrogen) atoms. The van der Waals surface area contributed by atoms with E-state index >= 15 is 0 Å². The number of rotatable bonds is 7. The summed E-state index contributed by atoms with van der Waals surface area (Å²) in [6, 6.07) is 9.06. The molecule has 0 radical (unpaired) electrons. The number of carbonyl (C=O) groups excluding carboxylic acids is 1. The number of halogens is 1. The molecular weight excluding hydrogens is 317 g/mol. The van der Waals surface area contributed by atoms with Crippen molar-refractivity contribution < 1.29 is 28.1 Å². The quantitative estimate of drug-likeness (QED) is 0.843. The minimum Gasteiger partial charge on any atom is -0.496 e. The number of amides is 1. The van der Waals surface area contributed by atoms with E-state index < -0.39 is 11.7 Å². The lowest BCUT2D eigenvalue weighted by Gasteiger charge is -2.16. The number of hydrogen-bond acceptors (Lipinski definition) is 5. The average Bonchev–Trinajstić information content (AvgIpc) is 2.61. The monoisotopic (exact) mass is 335 g/mol. The third kappa shape index (κ3) is 4.07. The van der Waals surface area contributed by atoms with Crippen molar-refractivity contribution in [1.29, 1.82) is 0 Å². The maximum atomic E-state index is 13.5. The minimum atomic E-state index is -0.537. The predicted molar refractivity (Wildman–Crippen MR) is 86.6 cm³/mol. The molecule has 0 saturated heterocycles. The third-order valence-corrected chi connectivity index (χ3v) is 3.17. The van der Waals surface area contributed by atoms with Gasteiger partial charge in [0.2, 0.25) is 0 Å². The summed E-state index contributed by atoms with van der Waals surface area (Å²) >= 11 is 0. The normalized spacial score (nSPS) is 10.0. The summed E-state index contributed by atoms with van der Waals surface area (Å²) in [6.07, 6.45) is 0. The molecule has 128 valence electrons. The Balaban J connectivity index is 2.12. The molecule has 0 aliphatic carbocycles. The molecule has 2 rings (SSSR count). The lowest BCUT2D eigenvalue weighted by molar-refractivity contribution is -0.118. The zero-order valence-electron chi connectivity index (χ0n) is 13.6. The smallest absolute Gasteiger partial charge is 0.262 e. The molecule has 0 aromatic heterocycles. The standard InChI is InChI=1S/C17H18FNO5/c1-21-11-8-14(22-2)17(15(9-11)23-3)19-16(20)10-24-13-7-5-4-6-12(13)18/h4-9H,10H2,1-3H3,(H,19,20). The molecule has 0 heterocycles. The number of methoxy groups -OCH3 is 3. The molecule has 0 aliphatic rings. The molecule has 0 unspecified atom stereocenters. The van der Waals surface area contributed by atoms with E-state index in [9.17, 15) is 9.18 Å². The fraction of sp³-hybridized carbons (Fsp3) is 0.235. The summed E-state index contributed by atoms with van der Waals surface area (Å²) in [7, 11) is 4.42. The molecule has 0 saturated carbocycles. The SMILES string of the molecule is COc1cc(OC)c(NC(=O)COc2ccccc2F)c(OC)c1. The van der Waals surface area contributed by atoms with Crippen molar-refractivity contribution in [3.8, 4) is 23.0 Å². The second-order valence-electron chi connectivity index (χ2n) is 4.67. The lowest BCUT2D eigenvalue weighted by Crippen LogP contribution is -2.21. The van der Waals surface area contributed by atoms with E-state index in [4.69, 9.17) is 18.9 Å². The van der Waals surface area contributed by atoms with Gasteiger partial charge in [0.1, 0.15) is 22.9 Å². The second kappa shape index (κ2) is 8.05. The van der Waals surface area contributed by atoms with E-state index in [2.05, 4.69) is 5.32 Å². The Morgan fingerprint density at radius 1 is 1.00 bits per heavy atom. The molecule has 0 aliphatic heterocycles. The fourth-order valence-corrected chi connectivity index (χ4v) is 2.01. The van der Waals surface area contributed by atoms with E-state index in [1.165, 1.54) is 39.5 Å². The van der Waals surface area contributed by atoms with E-state index in [-0.39, 0.29) is 12.4 Å². The molecular formula is C17H18FNO5. The van der Waals surface area contributed by atoms with Crippen molar-refractivity contribution in [2.45, 2.75) is 0 Å². The first-order valence-electron chi connectivity index (χ1n) is 7.06.